The molecule has 0 unspecified atom stereocenters. The van der Waals surface area contributed by atoms with Gasteiger partial charge in [0.05, 0.1) is 4.91 Å². The van der Waals surface area contributed by atoms with Crippen LogP contribution in [0.25, 0.3) is 6.08 Å². The lowest BCUT2D eigenvalue weighted by atomic mass is 10.2. The van der Waals surface area contributed by atoms with Gasteiger partial charge in [0.2, 0.25) is 0 Å². The van der Waals surface area contributed by atoms with Crippen LogP contribution in [0.4, 0.5) is 4.79 Å². The van der Waals surface area contributed by atoms with Crippen LogP contribution in [0.5, 0.6) is 5.75 Å². The number of carbonyl (C=O) groups is 2. The first-order valence-corrected chi connectivity index (χ1v) is 8.02. The summed E-state index contributed by atoms with van der Waals surface area (Å²) >= 11 is 6.83. The molecule has 2 aromatic carbocycles. The SMILES string of the molecule is O=C1NC(=O)/C(=C\c2ccc(OCc3cccc(Cl)c3)cc2)S1. The lowest BCUT2D eigenvalue weighted by Crippen LogP contribution is -2.17. The Balaban J connectivity index is 1.64. The number of halogens is 1. The zero-order valence-corrected chi connectivity index (χ0v) is 13.5. The molecular formula is C17H12ClNO3S. The summed E-state index contributed by atoms with van der Waals surface area (Å²) in [5, 5.41) is 2.55. The molecule has 0 saturated carbocycles. The summed E-state index contributed by atoms with van der Waals surface area (Å²) in [4.78, 5) is 23.0. The molecule has 0 spiro atoms. The predicted octanol–water partition coefficient (Wildman–Crippen LogP) is 4.24. The number of ether oxygens (including phenoxy) is 1. The topological polar surface area (TPSA) is 55.4 Å². The Morgan fingerprint density at radius 2 is 1.91 bits per heavy atom. The second-order valence-electron chi connectivity index (χ2n) is 4.84. The van der Waals surface area contributed by atoms with Gasteiger partial charge in [0.1, 0.15) is 12.4 Å². The Labute approximate surface area is 142 Å². The number of thioether (sulfide) groups is 1. The van der Waals surface area contributed by atoms with E-state index in [-0.39, 0.29) is 11.1 Å². The third-order valence-corrected chi connectivity index (χ3v) is 4.16. The summed E-state index contributed by atoms with van der Waals surface area (Å²) < 4.78 is 5.69. The van der Waals surface area contributed by atoms with Gasteiger partial charge < -0.3 is 4.74 Å². The van der Waals surface area contributed by atoms with Crippen molar-refractivity contribution in [3.05, 3.63) is 69.6 Å². The fourth-order valence-corrected chi connectivity index (χ4v) is 2.92. The van der Waals surface area contributed by atoms with Gasteiger partial charge >= 0.3 is 0 Å². The minimum atomic E-state index is -0.360. The van der Waals surface area contributed by atoms with Gasteiger partial charge in [0, 0.05) is 5.02 Å². The number of nitrogens with one attached hydrogen (secondary N) is 1. The van der Waals surface area contributed by atoms with E-state index in [0.29, 0.717) is 22.3 Å². The molecule has 6 heteroatoms. The molecule has 2 amide bonds. The zero-order valence-electron chi connectivity index (χ0n) is 11.9. The lowest BCUT2D eigenvalue weighted by molar-refractivity contribution is -0.115. The maximum atomic E-state index is 11.5. The Bertz CT molecular complexity index is 787. The first kappa shape index (κ1) is 15.6. The molecule has 23 heavy (non-hydrogen) atoms. The number of hydrogen-bond acceptors (Lipinski definition) is 4. The molecule has 0 bridgehead atoms. The smallest absolute Gasteiger partial charge is 0.290 e. The Kier molecular flexibility index (Phi) is 4.69. The van der Waals surface area contributed by atoms with Crippen molar-refractivity contribution >= 4 is 40.6 Å². The van der Waals surface area contributed by atoms with E-state index in [2.05, 4.69) is 5.32 Å². The summed E-state index contributed by atoms with van der Waals surface area (Å²) in [5.74, 6) is 0.355. The average Bonchev–Trinajstić information content (AvgIpc) is 2.84. The predicted molar refractivity (Wildman–Crippen MR) is 91.3 cm³/mol. The molecule has 1 fully saturated rings. The molecule has 4 nitrogen and oxygen atoms in total. The average molecular weight is 346 g/mol. The molecule has 0 atom stereocenters. The van der Waals surface area contributed by atoms with Crippen LogP contribution in [0.15, 0.2) is 53.4 Å². The summed E-state index contributed by atoms with van der Waals surface area (Å²) in [6.45, 7) is 0.424. The fourth-order valence-electron chi connectivity index (χ4n) is 2.03. The molecule has 116 valence electrons. The van der Waals surface area contributed by atoms with Gasteiger partial charge in [0.15, 0.2) is 0 Å². The molecule has 1 N–H and O–H groups in total. The normalized spacial score (nSPS) is 15.8. The van der Waals surface area contributed by atoms with E-state index < -0.39 is 0 Å². The van der Waals surface area contributed by atoms with Crippen LogP contribution >= 0.6 is 23.4 Å². The van der Waals surface area contributed by atoms with Gasteiger partial charge in [-0.2, -0.15) is 0 Å². The van der Waals surface area contributed by atoms with Gasteiger partial charge in [-0.25, -0.2) is 0 Å². The molecule has 3 rings (SSSR count). The maximum Gasteiger partial charge on any atom is 0.290 e. The number of carbonyl (C=O) groups excluding carboxylic acids is 2. The van der Waals surface area contributed by atoms with Crippen molar-refractivity contribution in [1.29, 1.82) is 0 Å². The van der Waals surface area contributed by atoms with Crippen molar-refractivity contribution in [3.8, 4) is 5.75 Å². The first-order valence-electron chi connectivity index (χ1n) is 6.82. The van der Waals surface area contributed by atoms with Crippen molar-refractivity contribution < 1.29 is 14.3 Å². The van der Waals surface area contributed by atoms with Crippen LogP contribution in [0.2, 0.25) is 5.02 Å². The van der Waals surface area contributed by atoms with E-state index in [1.165, 1.54) is 0 Å². The van der Waals surface area contributed by atoms with Crippen molar-refractivity contribution in [3.63, 3.8) is 0 Å². The monoisotopic (exact) mass is 345 g/mol. The van der Waals surface area contributed by atoms with Crippen molar-refractivity contribution in [2.45, 2.75) is 6.61 Å². The number of rotatable bonds is 4. The highest BCUT2D eigenvalue weighted by Gasteiger charge is 2.24. The quantitative estimate of drug-likeness (QED) is 0.842. The number of amides is 2. The van der Waals surface area contributed by atoms with Gasteiger partial charge in [-0.15, -0.1) is 0 Å². The van der Waals surface area contributed by atoms with Gasteiger partial charge in [0.25, 0.3) is 11.1 Å². The van der Waals surface area contributed by atoms with Crippen LogP contribution in [0.1, 0.15) is 11.1 Å². The van der Waals surface area contributed by atoms with Crippen LogP contribution < -0.4 is 10.1 Å². The number of imide groups is 1. The highest BCUT2D eigenvalue weighted by Crippen LogP contribution is 2.26. The van der Waals surface area contributed by atoms with E-state index in [0.717, 1.165) is 22.9 Å². The molecular weight excluding hydrogens is 334 g/mol. The van der Waals surface area contributed by atoms with Gasteiger partial charge in [-0.1, -0.05) is 35.9 Å². The van der Waals surface area contributed by atoms with Crippen LogP contribution in [-0.4, -0.2) is 11.1 Å². The lowest BCUT2D eigenvalue weighted by Gasteiger charge is -2.07. The van der Waals surface area contributed by atoms with Crippen molar-refractivity contribution in [1.82, 2.24) is 5.32 Å². The number of benzene rings is 2. The Morgan fingerprint density at radius 1 is 1.13 bits per heavy atom. The molecule has 0 aliphatic carbocycles. The summed E-state index contributed by atoms with van der Waals surface area (Å²) in [6, 6.07) is 14.8. The Hall–Kier alpha value is -2.24. The van der Waals surface area contributed by atoms with E-state index in [1.54, 1.807) is 6.08 Å². The summed E-state index contributed by atoms with van der Waals surface area (Å²) in [7, 11) is 0. The van der Waals surface area contributed by atoms with E-state index in [9.17, 15) is 9.59 Å². The second kappa shape index (κ2) is 6.89. The molecule has 0 radical (unpaired) electrons. The first-order chi connectivity index (χ1) is 11.1. The highest BCUT2D eigenvalue weighted by atomic mass is 35.5. The van der Waals surface area contributed by atoms with Gasteiger partial charge in [-0.3, -0.25) is 14.9 Å². The molecule has 1 heterocycles. The minimum Gasteiger partial charge on any atom is -0.489 e. The standard InChI is InChI=1S/C17H12ClNO3S/c18-13-3-1-2-12(8-13)10-22-14-6-4-11(5-7-14)9-15-16(20)19-17(21)23-15/h1-9H,10H2,(H,19,20,21)/b15-9+. The summed E-state index contributed by atoms with van der Waals surface area (Å²) in [5.41, 5.74) is 1.81. The Morgan fingerprint density at radius 3 is 2.57 bits per heavy atom. The van der Waals surface area contributed by atoms with Crippen molar-refractivity contribution in [2.75, 3.05) is 0 Å². The fraction of sp³-hybridized carbons (Fsp3) is 0.0588. The van der Waals surface area contributed by atoms with E-state index >= 15 is 0 Å². The molecule has 1 saturated heterocycles. The van der Waals surface area contributed by atoms with E-state index in [4.69, 9.17) is 16.3 Å². The van der Waals surface area contributed by atoms with Crippen LogP contribution in [0, 0.1) is 0 Å². The maximum absolute atomic E-state index is 11.5. The molecule has 1 aliphatic heterocycles. The largest absolute Gasteiger partial charge is 0.489 e. The number of hydrogen-bond donors (Lipinski definition) is 1. The molecule has 0 aromatic heterocycles. The molecule has 2 aromatic rings. The third-order valence-electron chi connectivity index (χ3n) is 3.11. The minimum absolute atomic E-state index is 0.345. The van der Waals surface area contributed by atoms with Crippen molar-refractivity contribution in [2.24, 2.45) is 0 Å². The van der Waals surface area contributed by atoms with Crippen LogP contribution in [0.3, 0.4) is 0 Å². The third kappa shape index (κ3) is 4.15. The molecule has 1 aliphatic rings. The highest BCUT2D eigenvalue weighted by molar-refractivity contribution is 8.18. The van der Waals surface area contributed by atoms with Gasteiger partial charge in [-0.05, 0) is 53.2 Å². The van der Waals surface area contributed by atoms with Crippen LogP contribution in [-0.2, 0) is 11.4 Å². The zero-order chi connectivity index (χ0) is 16.2. The van der Waals surface area contributed by atoms with E-state index in [1.807, 2.05) is 48.5 Å². The summed E-state index contributed by atoms with van der Waals surface area (Å²) in [6.07, 6.45) is 1.67. The second-order valence-corrected chi connectivity index (χ2v) is 6.29.